The van der Waals surface area contributed by atoms with E-state index in [9.17, 15) is 4.91 Å². The van der Waals surface area contributed by atoms with Crippen LogP contribution in [0.1, 0.15) is 0 Å². The minimum atomic E-state index is 0.692. The second-order valence-corrected chi connectivity index (χ2v) is 1.83. The van der Waals surface area contributed by atoms with E-state index in [1.807, 2.05) is 18.2 Å². The molecular formula is C7H8NO+. The van der Waals surface area contributed by atoms with Gasteiger partial charge in [0.2, 0.25) is 0 Å². The maximum Gasteiger partial charge on any atom is 0.255 e. The highest BCUT2D eigenvalue weighted by Crippen LogP contribution is 2.06. The molecule has 0 atom stereocenters. The van der Waals surface area contributed by atoms with E-state index in [4.69, 9.17) is 0 Å². The van der Waals surface area contributed by atoms with Gasteiger partial charge in [0.1, 0.15) is 0 Å². The summed E-state index contributed by atoms with van der Waals surface area (Å²) in [4.78, 5) is 10.6. The van der Waals surface area contributed by atoms with Crippen molar-refractivity contribution in [1.29, 1.82) is 0 Å². The van der Waals surface area contributed by atoms with Gasteiger partial charge in [0.25, 0.3) is 5.69 Å². The molecule has 2 heteroatoms. The fourth-order valence-electron chi connectivity index (χ4n) is 0.638. The minimum Gasteiger partial charge on any atom is -0.0618 e. The monoisotopic (exact) mass is 122 g/mol. The van der Waals surface area contributed by atoms with Crippen molar-refractivity contribution in [2.24, 2.45) is 0 Å². The molecule has 0 aliphatic rings. The zero-order valence-corrected chi connectivity index (χ0v) is 5.24. The van der Waals surface area contributed by atoms with Gasteiger partial charge in [-0.2, -0.15) is 0 Å². The molecular weight excluding hydrogens is 114 g/mol. The van der Waals surface area contributed by atoms with Crippen molar-refractivity contribution in [3.63, 3.8) is 0 Å². The van der Waals surface area contributed by atoms with Crippen LogP contribution in [0.25, 0.3) is 0 Å². The Labute approximate surface area is 53.7 Å². The zero-order chi connectivity index (χ0) is 6.69. The van der Waals surface area contributed by atoms with Gasteiger partial charge in [0.15, 0.2) is 7.05 Å². The summed E-state index contributed by atoms with van der Waals surface area (Å²) in [6.07, 6.45) is 0. The SMILES string of the molecule is C[N+](=O)c1ccccc1. The molecule has 0 amide bonds. The zero-order valence-electron chi connectivity index (χ0n) is 5.24. The van der Waals surface area contributed by atoms with Crippen molar-refractivity contribution in [3.8, 4) is 0 Å². The van der Waals surface area contributed by atoms with Crippen LogP contribution in [0.4, 0.5) is 5.69 Å². The Hall–Kier alpha value is -1.18. The normalized spacial score (nSPS) is 9.00. The van der Waals surface area contributed by atoms with Crippen molar-refractivity contribution in [2.75, 3.05) is 7.05 Å². The van der Waals surface area contributed by atoms with Crippen LogP contribution >= 0.6 is 0 Å². The number of rotatable bonds is 1. The number of hydrogen-bond acceptors (Lipinski definition) is 1. The maximum atomic E-state index is 10.6. The summed E-state index contributed by atoms with van der Waals surface area (Å²) in [6, 6.07) is 9.10. The average molecular weight is 122 g/mol. The Kier molecular flexibility index (Phi) is 1.58. The first-order valence-corrected chi connectivity index (χ1v) is 2.76. The molecule has 0 saturated carbocycles. The molecule has 0 bridgehead atoms. The van der Waals surface area contributed by atoms with Crippen molar-refractivity contribution in [3.05, 3.63) is 35.2 Å². The Balaban J connectivity index is 2.98. The van der Waals surface area contributed by atoms with E-state index in [1.54, 1.807) is 12.1 Å². The largest absolute Gasteiger partial charge is 0.255 e. The first-order chi connectivity index (χ1) is 4.30. The molecule has 0 aliphatic heterocycles. The number of nitrogens with zero attached hydrogens (tertiary/aromatic N) is 1. The van der Waals surface area contributed by atoms with E-state index >= 15 is 0 Å². The first kappa shape index (κ1) is 5.95. The Morgan fingerprint density at radius 2 is 1.78 bits per heavy atom. The van der Waals surface area contributed by atoms with E-state index in [0.717, 1.165) is 4.76 Å². The molecule has 0 radical (unpaired) electrons. The summed E-state index contributed by atoms with van der Waals surface area (Å²) < 4.78 is 0.833. The van der Waals surface area contributed by atoms with E-state index in [0.29, 0.717) is 5.69 Å². The van der Waals surface area contributed by atoms with Gasteiger partial charge in [-0.05, 0) is 0 Å². The Bertz CT molecular complexity index is 205. The van der Waals surface area contributed by atoms with Crippen LogP contribution in [0.5, 0.6) is 0 Å². The lowest BCUT2D eigenvalue weighted by Gasteiger charge is -1.82. The molecule has 0 aromatic heterocycles. The van der Waals surface area contributed by atoms with Crippen LogP contribution in [-0.4, -0.2) is 11.8 Å². The van der Waals surface area contributed by atoms with E-state index in [2.05, 4.69) is 0 Å². The van der Waals surface area contributed by atoms with Crippen LogP contribution in [0.2, 0.25) is 0 Å². The number of benzene rings is 1. The molecule has 1 aromatic rings. The molecule has 0 unspecified atom stereocenters. The standard InChI is InChI=1S/C7H8NO/c1-8(9)7-5-3-2-4-6-7/h2-6H,1H3/q+1. The van der Waals surface area contributed by atoms with Crippen LogP contribution < -0.4 is 0 Å². The predicted molar refractivity (Wildman–Crippen MR) is 35.7 cm³/mol. The van der Waals surface area contributed by atoms with Gasteiger partial charge in [0, 0.05) is 21.8 Å². The molecule has 46 valence electrons. The highest BCUT2D eigenvalue weighted by Gasteiger charge is 2.00. The quantitative estimate of drug-likeness (QED) is 0.519. The summed E-state index contributed by atoms with van der Waals surface area (Å²) in [7, 11) is 1.48. The average Bonchev–Trinajstić information content (AvgIpc) is 1.90. The fourth-order valence-corrected chi connectivity index (χ4v) is 0.638. The summed E-state index contributed by atoms with van der Waals surface area (Å²) in [6.45, 7) is 0. The predicted octanol–water partition coefficient (Wildman–Crippen LogP) is 1.73. The lowest BCUT2D eigenvalue weighted by atomic mass is 10.3. The van der Waals surface area contributed by atoms with Gasteiger partial charge in [-0.15, -0.1) is 0 Å². The molecule has 0 spiro atoms. The number of nitroso groups, excluding NO2 is 1. The highest BCUT2D eigenvalue weighted by molar-refractivity contribution is 5.27. The third-order valence-corrected chi connectivity index (χ3v) is 1.12. The molecule has 1 rings (SSSR count). The first-order valence-electron chi connectivity index (χ1n) is 2.76. The van der Waals surface area contributed by atoms with Crippen molar-refractivity contribution < 1.29 is 4.76 Å². The lowest BCUT2D eigenvalue weighted by Crippen LogP contribution is -1.87. The minimum absolute atomic E-state index is 0.692. The molecule has 0 heterocycles. The fraction of sp³-hybridized carbons (Fsp3) is 0.143. The summed E-state index contributed by atoms with van der Waals surface area (Å²) in [5.41, 5.74) is 0.692. The van der Waals surface area contributed by atoms with E-state index in [-0.39, 0.29) is 0 Å². The van der Waals surface area contributed by atoms with Crippen molar-refractivity contribution >= 4 is 5.69 Å². The lowest BCUT2D eigenvalue weighted by molar-refractivity contribution is -0.428. The molecule has 2 nitrogen and oxygen atoms in total. The molecule has 0 saturated heterocycles. The van der Waals surface area contributed by atoms with Crippen LogP contribution in [-0.2, 0) is 0 Å². The van der Waals surface area contributed by atoms with Gasteiger partial charge >= 0.3 is 0 Å². The van der Waals surface area contributed by atoms with Crippen molar-refractivity contribution in [2.45, 2.75) is 0 Å². The molecule has 1 aromatic carbocycles. The number of para-hydroxylation sites is 1. The van der Waals surface area contributed by atoms with Gasteiger partial charge in [-0.3, -0.25) is 0 Å². The Morgan fingerprint density at radius 3 is 2.11 bits per heavy atom. The van der Waals surface area contributed by atoms with E-state index in [1.165, 1.54) is 7.05 Å². The summed E-state index contributed by atoms with van der Waals surface area (Å²) in [5, 5.41) is 0. The molecule has 0 N–H and O–H groups in total. The van der Waals surface area contributed by atoms with Gasteiger partial charge in [0.05, 0.1) is 0 Å². The second kappa shape index (κ2) is 2.40. The van der Waals surface area contributed by atoms with Gasteiger partial charge < -0.3 is 0 Å². The Morgan fingerprint density at radius 1 is 1.22 bits per heavy atom. The molecule has 0 fully saturated rings. The van der Waals surface area contributed by atoms with Crippen LogP contribution in [0.3, 0.4) is 0 Å². The van der Waals surface area contributed by atoms with Gasteiger partial charge in [-0.1, -0.05) is 18.2 Å². The maximum absolute atomic E-state index is 10.6. The van der Waals surface area contributed by atoms with E-state index < -0.39 is 0 Å². The smallest absolute Gasteiger partial charge is 0.0618 e. The van der Waals surface area contributed by atoms with Gasteiger partial charge in [-0.25, -0.2) is 0 Å². The van der Waals surface area contributed by atoms with Crippen LogP contribution in [0, 0.1) is 4.91 Å². The number of hydrogen-bond donors (Lipinski definition) is 0. The molecule has 9 heavy (non-hydrogen) atoms. The summed E-state index contributed by atoms with van der Waals surface area (Å²) in [5.74, 6) is 0. The third kappa shape index (κ3) is 1.35. The topological polar surface area (TPSA) is 20.1 Å². The second-order valence-electron chi connectivity index (χ2n) is 1.83. The molecule has 0 aliphatic carbocycles. The van der Waals surface area contributed by atoms with Crippen molar-refractivity contribution in [1.82, 2.24) is 0 Å². The van der Waals surface area contributed by atoms with Crippen LogP contribution in [0.15, 0.2) is 30.3 Å². The summed E-state index contributed by atoms with van der Waals surface area (Å²) >= 11 is 0. The highest BCUT2D eigenvalue weighted by atomic mass is 16.3. The third-order valence-electron chi connectivity index (χ3n) is 1.12.